The molecule has 5 nitrogen and oxygen atoms in total. The van der Waals surface area contributed by atoms with Crippen LogP contribution in [0, 0.1) is 5.92 Å². The number of carbonyl (C=O) groups is 1. The molecule has 27 heavy (non-hydrogen) atoms. The van der Waals surface area contributed by atoms with Crippen LogP contribution in [-0.4, -0.2) is 30.5 Å². The molecule has 2 heterocycles. The zero-order valence-electron chi connectivity index (χ0n) is 15.5. The van der Waals surface area contributed by atoms with Gasteiger partial charge in [-0.2, -0.15) is 0 Å². The fourth-order valence-electron chi connectivity index (χ4n) is 3.83. The Hall–Kier alpha value is -1.76. The van der Waals surface area contributed by atoms with E-state index in [1.165, 1.54) is 12.8 Å². The van der Waals surface area contributed by atoms with Crippen LogP contribution in [0.25, 0.3) is 0 Å². The summed E-state index contributed by atoms with van der Waals surface area (Å²) in [6, 6.07) is 11.7. The summed E-state index contributed by atoms with van der Waals surface area (Å²) in [5, 5.41) is 6.94. The van der Waals surface area contributed by atoms with Crippen LogP contribution >= 0.6 is 15.9 Å². The van der Waals surface area contributed by atoms with Crippen molar-refractivity contribution in [3.63, 3.8) is 0 Å². The van der Waals surface area contributed by atoms with Crippen molar-refractivity contribution in [3.05, 3.63) is 64.4 Å². The van der Waals surface area contributed by atoms with Crippen molar-refractivity contribution in [1.29, 1.82) is 0 Å². The Morgan fingerprint density at radius 1 is 1.22 bits per heavy atom. The predicted octanol–water partition coefficient (Wildman–Crippen LogP) is 2.75. The molecule has 4 N–H and O–H groups in total. The van der Waals surface area contributed by atoms with E-state index in [2.05, 4.69) is 31.5 Å². The first-order chi connectivity index (χ1) is 13.1. The van der Waals surface area contributed by atoms with Crippen LogP contribution < -0.4 is 16.4 Å². The van der Waals surface area contributed by atoms with Crippen molar-refractivity contribution >= 4 is 21.8 Å². The molecule has 1 atom stereocenters. The molecule has 1 saturated heterocycles. The number of amides is 1. The second-order valence-electron chi connectivity index (χ2n) is 7.19. The lowest BCUT2D eigenvalue weighted by molar-refractivity contribution is -0.124. The van der Waals surface area contributed by atoms with Crippen LogP contribution in [-0.2, 0) is 16.8 Å². The Kier molecular flexibility index (Phi) is 6.99. The molecule has 1 unspecified atom stereocenters. The number of pyridine rings is 1. The van der Waals surface area contributed by atoms with E-state index in [1.54, 1.807) is 12.4 Å². The number of aromatic nitrogens is 1. The summed E-state index contributed by atoms with van der Waals surface area (Å²) in [6.45, 7) is 2.90. The van der Waals surface area contributed by atoms with Gasteiger partial charge in [-0.3, -0.25) is 15.1 Å². The highest BCUT2D eigenvalue weighted by Crippen LogP contribution is 2.32. The normalized spacial score (nSPS) is 17.4. The van der Waals surface area contributed by atoms with Crippen molar-refractivity contribution in [1.82, 2.24) is 15.6 Å². The highest BCUT2D eigenvalue weighted by molar-refractivity contribution is 9.10. The Bertz CT molecular complexity index is 749. The lowest BCUT2D eigenvalue weighted by Crippen LogP contribution is -2.55. The van der Waals surface area contributed by atoms with Crippen molar-refractivity contribution in [3.8, 4) is 0 Å². The fraction of sp³-hybridized carbons (Fsp3) is 0.429. The SMILES string of the molecule is NC(=O)C(Cc1ccncc1)(NCCC1CCNCC1)c1ccccc1Br. The van der Waals surface area contributed by atoms with Crippen LogP contribution in [0.2, 0.25) is 0 Å². The average Bonchev–Trinajstić information content (AvgIpc) is 2.69. The van der Waals surface area contributed by atoms with Gasteiger partial charge in [-0.25, -0.2) is 0 Å². The van der Waals surface area contributed by atoms with Gasteiger partial charge in [-0.05, 0) is 74.1 Å². The van der Waals surface area contributed by atoms with Gasteiger partial charge in [0.2, 0.25) is 5.91 Å². The average molecular weight is 431 g/mol. The highest BCUT2D eigenvalue weighted by atomic mass is 79.9. The van der Waals surface area contributed by atoms with E-state index in [4.69, 9.17) is 5.73 Å². The smallest absolute Gasteiger partial charge is 0.242 e. The molecule has 1 aliphatic rings. The monoisotopic (exact) mass is 430 g/mol. The maximum absolute atomic E-state index is 12.8. The lowest BCUT2D eigenvalue weighted by atomic mass is 9.82. The molecule has 6 heteroatoms. The van der Waals surface area contributed by atoms with Gasteiger partial charge in [0.25, 0.3) is 0 Å². The number of piperidine rings is 1. The molecule has 0 aliphatic carbocycles. The second kappa shape index (κ2) is 9.44. The topological polar surface area (TPSA) is 80.0 Å². The van der Waals surface area contributed by atoms with Gasteiger partial charge < -0.3 is 11.1 Å². The minimum absolute atomic E-state index is 0.364. The number of primary amides is 1. The molecule has 1 aromatic carbocycles. The van der Waals surface area contributed by atoms with Crippen molar-refractivity contribution in [2.75, 3.05) is 19.6 Å². The first kappa shape index (κ1) is 20.0. The van der Waals surface area contributed by atoms with Gasteiger partial charge in [0.05, 0.1) is 0 Å². The molecule has 0 saturated carbocycles. The van der Waals surface area contributed by atoms with Gasteiger partial charge in [-0.1, -0.05) is 34.1 Å². The van der Waals surface area contributed by atoms with E-state index in [9.17, 15) is 4.79 Å². The summed E-state index contributed by atoms with van der Waals surface area (Å²) in [4.78, 5) is 16.9. The Balaban J connectivity index is 1.86. The summed E-state index contributed by atoms with van der Waals surface area (Å²) in [7, 11) is 0. The standard InChI is InChI=1S/C21H27BrN4O/c22-19-4-2-1-3-18(19)21(20(23)27,15-17-7-12-25-13-8-17)26-14-9-16-5-10-24-11-6-16/h1-4,7-8,12-13,16,24,26H,5-6,9-11,14-15H2,(H2,23,27). The van der Waals surface area contributed by atoms with Crippen LogP contribution in [0.15, 0.2) is 53.3 Å². The first-order valence-electron chi connectivity index (χ1n) is 9.51. The summed E-state index contributed by atoms with van der Waals surface area (Å²) in [6.07, 6.45) is 7.39. The molecule has 2 aromatic rings. The van der Waals surface area contributed by atoms with Gasteiger partial charge in [0, 0.05) is 23.3 Å². The number of hydrogen-bond acceptors (Lipinski definition) is 4. The largest absolute Gasteiger partial charge is 0.368 e. The molecular weight excluding hydrogens is 404 g/mol. The van der Waals surface area contributed by atoms with E-state index in [1.807, 2.05) is 36.4 Å². The third-order valence-electron chi connectivity index (χ3n) is 5.41. The number of benzene rings is 1. The number of hydrogen-bond donors (Lipinski definition) is 3. The second-order valence-corrected chi connectivity index (χ2v) is 8.04. The molecule has 1 fully saturated rings. The number of carbonyl (C=O) groups excluding carboxylic acids is 1. The van der Waals surface area contributed by atoms with Gasteiger partial charge >= 0.3 is 0 Å². The summed E-state index contributed by atoms with van der Waals surface area (Å²) >= 11 is 3.61. The van der Waals surface area contributed by atoms with Crippen molar-refractivity contribution < 1.29 is 4.79 Å². The molecule has 3 rings (SSSR count). The molecule has 1 aliphatic heterocycles. The number of rotatable bonds is 8. The van der Waals surface area contributed by atoms with E-state index >= 15 is 0 Å². The molecule has 1 amide bonds. The Labute approximate surface area is 169 Å². The predicted molar refractivity (Wildman–Crippen MR) is 111 cm³/mol. The third kappa shape index (κ3) is 4.94. The molecule has 0 spiro atoms. The highest BCUT2D eigenvalue weighted by Gasteiger charge is 2.39. The fourth-order valence-corrected chi connectivity index (χ4v) is 4.46. The van der Waals surface area contributed by atoms with Crippen LogP contribution in [0.3, 0.4) is 0 Å². The van der Waals surface area contributed by atoms with E-state index in [0.29, 0.717) is 12.3 Å². The van der Waals surface area contributed by atoms with Crippen LogP contribution in [0.5, 0.6) is 0 Å². The van der Waals surface area contributed by atoms with Gasteiger partial charge in [0.1, 0.15) is 5.54 Å². The van der Waals surface area contributed by atoms with E-state index in [-0.39, 0.29) is 5.91 Å². The van der Waals surface area contributed by atoms with Crippen LogP contribution in [0.1, 0.15) is 30.4 Å². The zero-order valence-corrected chi connectivity index (χ0v) is 17.0. The molecule has 0 bridgehead atoms. The molecule has 0 radical (unpaired) electrons. The van der Waals surface area contributed by atoms with Crippen molar-refractivity contribution in [2.24, 2.45) is 11.7 Å². The summed E-state index contributed by atoms with van der Waals surface area (Å²) in [5.74, 6) is 0.320. The number of nitrogens with zero attached hydrogens (tertiary/aromatic N) is 1. The Morgan fingerprint density at radius 2 is 1.93 bits per heavy atom. The third-order valence-corrected chi connectivity index (χ3v) is 6.10. The lowest BCUT2D eigenvalue weighted by Gasteiger charge is -2.34. The summed E-state index contributed by atoms with van der Waals surface area (Å²) in [5.41, 5.74) is 6.92. The van der Waals surface area contributed by atoms with Gasteiger partial charge in [0.15, 0.2) is 0 Å². The first-order valence-corrected chi connectivity index (χ1v) is 10.3. The van der Waals surface area contributed by atoms with Crippen molar-refractivity contribution in [2.45, 2.75) is 31.2 Å². The molecular formula is C21H27BrN4O. The minimum Gasteiger partial charge on any atom is -0.368 e. The molecule has 144 valence electrons. The van der Waals surface area contributed by atoms with Crippen LogP contribution in [0.4, 0.5) is 0 Å². The van der Waals surface area contributed by atoms with E-state index in [0.717, 1.165) is 41.7 Å². The summed E-state index contributed by atoms with van der Waals surface area (Å²) < 4.78 is 0.882. The number of nitrogens with one attached hydrogen (secondary N) is 2. The minimum atomic E-state index is -0.964. The van der Waals surface area contributed by atoms with E-state index < -0.39 is 5.54 Å². The van der Waals surface area contributed by atoms with Gasteiger partial charge in [-0.15, -0.1) is 0 Å². The molecule has 1 aromatic heterocycles. The number of nitrogens with two attached hydrogens (primary N) is 1. The number of halogens is 1. The quantitative estimate of drug-likeness (QED) is 0.601. The Morgan fingerprint density at radius 3 is 2.59 bits per heavy atom. The zero-order chi connectivity index (χ0) is 19.1. The maximum Gasteiger partial charge on any atom is 0.242 e. The maximum atomic E-state index is 12.8.